The molecule has 3 rings (SSSR count). The van der Waals surface area contributed by atoms with E-state index in [-0.39, 0.29) is 11.0 Å². The van der Waals surface area contributed by atoms with Gasteiger partial charge in [-0.1, -0.05) is 29.3 Å². The lowest BCUT2D eigenvalue weighted by Gasteiger charge is -2.09. The number of aryl methyl sites for hydroxylation is 1. The molecule has 0 saturated carbocycles. The Bertz CT molecular complexity index is 1010. The Morgan fingerprint density at radius 1 is 1.28 bits per heavy atom. The zero-order valence-electron chi connectivity index (χ0n) is 12.7. The first-order valence-electron chi connectivity index (χ1n) is 6.98. The SMILES string of the molecule is Cc1nc(NC(=S)NC(=O)c2sc3cc(Cl)ccc3c2Cl)ccc1Br. The number of aromatic nitrogens is 1. The minimum Gasteiger partial charge on any atom is -0.317 e. The van der Waals surface area contributed by atoms with Crippen LogP contribution >= 0.6 is 62.7 Å². The van der Waals surface area contributed by atoms with Crippen molar-refractivity contribution in [2.75, 3.05) is 5.32 Å². The number of thiophene rings is 1. The third-order valence-electron chi connectivity index (χ3n) is 3.29. The van der Waals surface area contributed by atoms with Gasteiger partial charge >= 0.3 is 0 Å². The average molecular weight is 475 g/mol. The van der Waals surface area contributed by atoms with Crippen molar-refractivity contribution < 1.29 is 4.79 Å². The molecule has 0 aliphatic heterocycles. The highest BCUT2D eigenvalue weighted by atomic mass is 79.9. The van der Waals surface area contributed by atoms with Crippen molar-refractivity contribution in [3.63, 3.8) is 0 Å². The summed E-state index contributed by atoms with van der Waals surface area (Å²) >= 11 is 22.1. The van der Waals surface area contributed by atoms with Gasteiger partial charge in [-0.15, -0.1) is 11.3 Å². The summed E-state index contributed by atoms with van der Waals surface area (Å²) in [5.74, 6) is 0.161. The van der Waals surface area contributed by atoms with Crippen molar-refractivity contribution in [3.8, 4) is 0 Å². The molecule has 0 atom stereocenters. The first-order chi connectivity index (χ1) is 11.8. The molecule has 0 unspecified atom stereocenters. The highest BCUT2D eigenvalue weighted by Gasteiger charge is 2.18. The average Bonchev–Trinajstić information content (AvgIpc) is 2.87. The molecule has 2 N–H and O–H groups in total. The number of carbonyl (C=O) groups excluding carboxylic acids is 1. The van der Waals surface area contributed by atoms with Crippen molar-refractivity contribution >= 4 is 89.6 Å². The second kappa shape index (κ2) is 7.55. The monoisotopic (exact) mass is 473 g/mol. The maximum atomic E-state index is 12.5. The molecule has 25 heavy (non-hydrogen) atoms. The fourth-order valence-corrected chi connectivity index (χ4v) is 4.21. The molecule has 0 radical (unpaired) electrons. The second-order valence-electron chi connectivity index (χ2n) is 5.06. The number of pyridine rings is 1. The number of nitrogens with one attached hydrogen (secondary N) is 2. The molecule has 2 aromatic heterocycles. The molecule has 1 amide bonds. The van der Waals surface area contributed by atoms with Crippen LogP contribution in [0.2, 0.25) is 10.0 Å². The van der Waals surface area contributed by atoms with Crippen molar-refractivity contribution in [1.82, 2.24) is 10.3 Å². The molecule has 0 fully saturated rings. The zero-order valence-corrected chi connectivity index (χ0v) is 17.4. The van der Waals surface area contributed by atoms with E-state index in [1.807, 2.05) is 13.0 Å². The van der Waals surface area contributed by atoms with Gasteiger partial charge in [0, 0.05) is 19.6 Å². The number of carbonyl (C=O) groups is 1. The maximum absolute atomic E-state index is 12.5. The molecule has 0 aliphatic rings. The summed E-state index contributed by atoms with van der Waals surface area (Å²) in [5.41, 5.74) is 0.809. The van der Waals surface area contributed by atoms with E-state index in [2.05, 4.69) is 31.5 Å². The number of fused-ring (bicyclic) bond motifs is 1. The normalized spacial score (nSPS) is 10.7. The van der Waals surface area contributed by atoms with Crippen molar-refractivity contribution in [1.29, 1.82) is 0 Å². The minimum absolute atomic E-state index is 0.144. The summed E-state index contributed by atoms with van der Waals surface area (Å²) in [6.07, 6.45) is 0. The van der Waals surface area contributed by atoms with Crippen molar-refractivity contribution in [2.45, 2.75) is 6.92 Å². The number of rotatable bonds is 2. The lowest BCUT2D eigenvalue weighted by molar-refractivity contribution is 0.0982. The Kier molecular flexibility index (Phi) is 5.60. The maximum Gasteiger partial charge on any atom is 0.269 e. The van der Waals surface area contributed by atoms with E-state index >= 15 is 0 Å². The highest BCUT2D eigenvalue weighted by molar-refractivity contribution is 9.10. The van der Waals surface area contributed by atoms with Gasteiger partial charge in [-0.05, 0) is 59.3 Å². The number of nitrogens with zero attached hydrogens (tertiary/aromatic N) is 1. The van der Waals surface area contributed by atoms with Crippen LogP contribution in [0.3, 0.4) is 0 Å². The molecule has 0 aliphatic carbocycles. The fourth-order valence-electron chi connectivity index (χ4n) is 2.11. The van der Waals surface area contributed by atoms with E-state index in [4.69, 9.17) is 35.4 Å². The topological polar surface area (TPSA) is 54.0 Å². The van der Waals surface area contributed by atoms with Gasteiger partial charge < -0.3 is 5.32 Å². The van der Waals surface area contributed by atoms with Crippen LogP contribution in [0.4, 0.5) is 5.82 Å². The van der Waals surface area contributed by atoms with Crippen molar-refractivity contribution in [2.24, 2.45) is 0 Å². The number of hydrogen-bond acceptors (Lipinski definition) is 4. The van der Waals surface area contributed by atoms with Crippen LogP contribution in [0, 0.1) is 6.92 Å². The molecule has 0 bridgehead atoms. The van der Waals surface area contributed by atoms with Gasteiger partial charge in [-0.3, -0.25) is 10.1 Å². The molecule has 4 nitrogen and oxygen atoms in total. The number of amides is 1. The molecule has 1 aromatic carbocycles. The summed E-state index contributed by atoms with van der Waals surface area (Å²) in [7, 11) is 0. The second-order valence-corrected chi connectivity index (χ2v) is 8.19. The molecular formula is C16H10BrCl2N3OS2. The largest absolute Gasteiger partial charge is 0.317 e. The molecule has 128 valence electrons. The number of halogens is 3. The number of benzene rings is 1. The van der Waals surface area contributed by atoms with E-state index in [0.29, 0.717) is 20.7 Å². The Labute approximate surface area is 171 Å². The fraction of sp³-hybridized carbons (Fsp3) is 0.0625. The molecule has 3 aromatic rings. The third-order valence-corrected chi connectivity index (χ3v) is 6.22. The summed E-state index contributed by atoms with van der Waals surface area (Å²) in [6.45, 7) is 1.86. The van der Waals surface area contributed by atoms with E-state index in [9.17, 15) is 4.79 Å². The number of thiocarbonyl (C=S) groups is 1. The van der Waals surface area contributed by atoms with E-state index < -0.39 is 0 Å². The van der Waals surface area contributed by atoms with Crippen molar-refractivity contribution in [3.05, 3.63) is 55.4 Å². The summed E-state index contributed by atoms with van der Waals surface area (Å²) in [6, 6.07) is 8.90. The Morgan fingerprint density at radius 2 is 2.04 bits per heavy atom. The van der Waals surface area contributed by atoms with Crippen LogP contribution in [0.25, 0.3) is 10.1 Å². The van der Waals surface area contributed by atoms with Gasteiger partial charge in [0.25, 0.3) is 5.91 Å². The Hall–Kier alpha value is -1.25. The van der Waals surface area contributed by atoms with E-state index in [1.54, 1.807) is 24.3 Å². The van der Waals surface area contributed by atoms with Crippen LogP contribution < -0.4 is 10.6 Å². The smallest absolute Gasteiger partial charge is 0.269 e. The number of hydrogen-bond donors (Lipinski definition) is 2. The summed E-state index contributed by atoms with van der Waals surface area (Å²) in [5, 5.41) is 7.40. The van der Waals surface area contributed by atoms with Crippen LogP contribution in [-0.2, 0) is 0 Å². The number of anilines is 1. The third kappa shape index (κ3) is 4.12. The zero-order chi connectivity index (χ0) is 18.1. The standard InChI is InChI=1S/C16H10BrCl2N3OS2/c1-7-10(17)4-5-12(20-7)21-16(24)22-15(23)14-13(19)9-3-2-8(18)6-11(9)25-14/h2-6H,1H3,(H2,20,21,22,23,24). The van der Waals surface area contributed by atoms with Crippen LogP contribution in [0.1, 0.15) is 15.4 Å². The summed E-state index contributed by atoms with van der Waals surface area (Å²) < 4.78 is 1.73. The molecule has 0 saturated heterocycles. The predicted molar refractivity (Wildman–Crippen MR) is 112 cm³/mol. The molecule has 0 spiro atoms. The van der Waals surface area contributed by atoms with Gasteiger partial charge in [0.15, 0.2) is 5.11 Å². The summed E-state index contributed by atoms with van der Waals surface area (Å²) in [4.78, 5) is 17.2. The van der Waals surface area contributed by atoms with E-state index in [1.165, 1.54) is 11.3 Å². The lowest BCUT2D eigenvalue weighted by Crippen LogP contribution is -2.34. The quantitative estimate of drug-likeness (QED) is 0.460. The van der Waals surface area contributed by atoms with Crippen LogP contribution in [0.15, 0.2) is 34.8 Å². The molecule has 2 heterocycles. The van der Waals surface area contributed by atoms with E-state index in [0.717, 1.165) is 20.3 Å². The minimum atomic E-state index is -0.381. The predicted octanol–water partition coefficient (Wildman–Crippen LogP) is 5.80. The van der Waals surface area contributed by atoms with Gasteiger partial charge in [-0.2, -0.15) is 0 Å². The molecule has 9 heteroatoms. The van der Waals surface area contributed by atoms with Crippen LogP contribution in [-0.4, -0.2) is 16.0 Å². The Morgan fingerprint density at radius 3 is 2.76 bits per heavy atom. The van der Waals surface area contributed by atoms with Gasteiger partial charge in [0.2, 0.25) is 0 Å². The lowest BCUT2D eigenvalue weighted by atomic mass is 10.2. The molecular weight excluding hydrogens is 465 g/mol. The van der Waals surface area contributed by atoms with Gasteiger partial charge in [0.05, 0.1) is 10.7 Å². The van der Waals surface area contributed by atoms with Gasteiger partial charge in [0.1, 0.15) is 10.7 Å². The van der Waals surface area contributed by atoms with Crippen LogP contribution in [0.5, 0.6) is 0 Å². The van der Waals surface area contributed by atoms with Gasteiger partial charge in [-0.25, -0.2) is 4.98 Å². The highest BCUT2D eigenvalue weighted by Crippen LogP contribution is 2.36. The first kappa shape index (κ1) is 18.5. The first-order valence-corrected chi connectivity index (χ1v) is 9.75. The Balaban J connectivity index is 1.76.